The molecule has 6 nitrogen and oxygen atoms in total. The zero-order chi connectivity index (χ0) is 22.7. The molecule has 2 heterocycles. The summed E-state index contributed by atoms with van der Waals surface area (Å²) in [5.41, 5.74) is 7.48. The molecule has 0 saturated carbocycles. The Morgan fingerprint density at radius 1 is 1.20 bits per heavy atom. The molecule has 0 spiro atoms. The lowest BCUT2D eigenvalue weighted by atomic mass is 9.81. The van der Waals surface area contributed by atoms with Gasteiger partial charge in [0.25, 0.3) is 0 Å². The number of aliphatic carboxylic acids is 1. The van der Waals surface area contributed by atoms with Gasteiger partial charge in [-0.2, -0.15) is 0 Å². The van der Waals surface area contributed by atoms with Crippen molar-refractivity contribution in [3.05, 3.63) is 23.3 Å². The highest BCUT2D eigenvalue weighted by Crippen LogP contribution is 2.43. The van der Waals surface area contributed by atoms with E-state index in [9.17, 15) is 4.79 Å². The molecule has 30 heavy (non-hydrogen) atoms. The number of hydrogen-bond donors (Lipinski definition) is 2. The normalized spacial score (nSPS) is 20.0. The highest BCUT2D eigenvalue weighted by molar-refractivity contribution is 5.68. The van der Waals surface area contributed by atoms with Crippen molar-refractivity contribution in [1.82, 2.24) is 4.90 Å². The minimum Gasteiger partial charge on any atom is -0.493 e. The van der Waals surface area contributed by atoms with Crippen molar-refractivity contribution in [3.8, 4) is 11.5 Å². The van der Waals surface area contributed by atoms with Crippen molar-refractivity contribution >= 4 is 5.97 Å². The van der Waals surface area contributed by atoms with Crippen molar-refractivity contribution in [1.29, 1.82) is 0 Å². The van der Waals surface area contributed by atoms with Crippen LogP contribution in [0.15, 0.2) is 12.1 Å². The molecular formula is C24H42N2O4. The fraction of sp³-hybridized carbons (Fsp3) is 0.708. The van der Waals surface area contributed by atoms with Crippen LogP contribution in [-0.4, -0.2) is 49.8 Å². The van der Waals surface area contributed by atoms with Gasteiger partial charge in [0.1, 0.15) is 0 Å². The molecule has 3 N–H and O–H groups in total. The Morgan fingerprint density at radius 3 is 2.27 bits per heavy atom. The summed E-state index contributed by atoms with van der Waals surface area (Å²) < 4.78 is 11.0. The summed E-state index contributed by atoms with van der Waals surface area (Å²) >= 11 is 0. The molecule has 1 saturated heterocycles. The van der Waals surface area contributed by atoms with E-state index in [0.29, 0.717) is 6.04 Å². The third-order valence-electron chi connectivity index (χ3n) is 5.43. The van der Waals surface area contributed by atoms with Gasteiger partial charge in [0.05, 0.1) is 20.8 Å². The summed E-state index contributed by atoms with van der Waals surface area (Å²) in [6, 6.07) is 4.98. The lowest BCUT2D eigenvalue weighted by Gasteiger charge is -2.44. The van der Waals surface area contributed by atoms with Crippen LogP contribution >= 0.6 is 0 Å². The number of ether oxygens (including phenoxy) is 2. The molecule has 0 amide bonds. The number of carboxylic acid groups (broad SMARTS) is 1. The molecule has 2 aliphatic heterocycles. The lowest BCUT2D eigenvalue weighted by Crippen LogP contribution is -2.42. The number of piperidine rings is 1. The summed E-state index contributed by atoms with van der Waals surface area (Å²) in [6.45, 7) is 11.1. The summed E-state index contributed by atoms with van der Waals surface area (Å²) in [7, 11) is 3.45. The van der Waals surface area contributed by atoms with Crippen molar-refractivity contribution in [2.24, 2.45) is 17.6 Å². The Hall–Kier alpha value is -1.79. The van der Waals surface area contributed by atoms with Gasteiger partial charge < -0.3 is 20.3 Å². The summed E-state index contributed by atoms with van der Waals surface area (Å²) in [4.78, 5) is 11.9. The largest absolute Gasteiger partial charge is 0.493 e. The first-order chi connectivity index (χ1) is 14.3. The average Bonchev–Trinajstić information content (AvgIpc) is 2.72. The summed E-state index contributed by atoms with van der Waals surface area (Å²) in [6.07, 6.45) is 6.37. The number of nitrogens with two attached hydrogens (primary N) is 1. The topological polar surface area (TPSA) is 85.0 Å². The van der Waals surface area contributed by atoms with Crippen LogP contribution in [0.4, 0.5) is 0 Å². The second kappa shape index (κ2) is 13.5. The Balaban J connectivity index is 0.000000485. The molecular weight excluding hydrogens is 380 g/mol. The van der Waals surface area contributed by atoms with Crippen LogP contribution in [0.25, 0.3) is 0 Å². The SMILES string of the molecule is CCC.COc1cc2c(cc1OC)C1CCC(CC(C)C)CN1CC2.NCC(=O)O. The monoisotopic (exact) mass is 422 g/mol. The summed E-state index contributed by atoms with van der Waals surface area (Å²) in [5.74, 6) is 2.45. The fourth-order valence-electron chi connectivity index (χ4n) is 4.31. The van der Waals surface area contributed by atoms with E-state index in [4.69, 9.17) is 14.6 Å². The summed E-state index contributed by atoms with van der Waals surface area (Å²) in [5, 5.41) is 7.60. The number of hydrogen-bond acceptors (Lipinski definition) is 5. The van der Waals surface area contributed by atoms with E-state index in [0.717, 1.165) is 29.8 Å². The van der Waals surface area contributed by atoms with Crippen LogP contribution < -0.4 is 15.2 Å². The van der Waals surface area contributed by atoms with Gasteiger partial charge >= 0.3 is 5.97 Å². The number of methoxy groups -OCH3 is 2. The van der Waals surface area contributed by atoms with Crippen LogP contribution in [0.5, 0.6) is 11.5 Å². The minimum atomic E-state index is -0.968. The molecule has 3 rings (SSSR count). The molecule has 2 aliphatic rings. The Morgan fingerprint density at radius 2 is 1.77 bits per heavy atom. The molecule has 0 bridgehead atoms. The second-order valence-electron chi connectivity index (χ2n) is 8.54. The van der Waals surface area contributed by atoms with Gasteiger partial charge in [0.2, 0.25) is 0 Å². The van der Waals surface area contributed by atoms with Crippen LogP contribution in [-0.2, 0) is 11.2 Å². The highest BCUT2D eigenvalue weighted by Gasteiger charge is 2.34. The van der Waals surface area contributed by atoms with Gasteiger partial charge in [-0.3, -0.25) is 9.69 Å². The second-order valence-corrected chi connectivity index (χ2v) is 8.54. The number of fused-ring (bicyclic) bond motifs is 3. The lowest BCUT2D eigenvalue weighted by molar-refractivity contribution is -0.135. The smallest absolute Gasteiger partial charge is 0.317 e. The van der Waals surface area contributed by atoms with Gasteiger partial charge in [-0.25, -0.2) is 0 Å². The van der Waals surface area contributed by atoms with Crippen LogP contribution in [0, 0.1) is 11.8 Å². The van der Waals surface area contributed by atoms with Crippen molar-refractivity contribution in [2.45, 2.75) is 65.8 Å². The van der Waals surface area contributed by atoms with Crippen molar-refractivity contribution in [3.63, 3.8) is 0 Å². The van der Waals surface area contributed by atoms with Gasteiger partial charge in [-0.05, 0) is 60.8 Å². The van der Waals surface area contributed by atoms with Gasteiger partial charge in [0.15, 0.2) is 11.5 Å². The molecule has 2 unspecified atom stereocenters. The predicted octanol–water partition coefficient (Wildman–Crippen LogP) is 4.51. The minimum absolute atomic E-state index is 0.278. The van der Waals surface area contributed by atoms with E-state index < -0.39 is 5.97 Å². The highest BCUT2D eigenvalue weighted by atomic mass is 16.5. The standard InChI is InChI=1S/C19H29NO2.C3H8.C2H5NO2/c1-13(2)9-14-5-6-17-16-11-19(22-4)18(21-3)10-15(16)7-8-20(17)12-14;1-3-2;3-1-2(4)5/h10-11,13-14,17H,5-9,12H2,1-4H3;3H2,1-2H3;1,3H2,(H,4,5). The molecule has 0 aromatic heterocycles. The van der Waals surface area contributed by atoms with E-state index in [2.05, 4.69) is 50.5 Å². The van der Waals surface area contributed by atoms with E-state index in [1.807, 2.05) is 0 Å². The van der Waals surface area contributed by atoms with Crippen LogP contribution in [0.1, 0.15) is 70.5 Å². The Labute approximate surface area is 182 Å². The predicted molar refractivity (Wildman–Crippen MR) is 122 cm³/mol. The van der Waals surface area contributed by atoms with Crippen LogP contribution in [0.3, 0.4) is 0 Å². The number of carbonyl (C=O) groups is 1. The Kier molecular flexibility index (Phi) is 11.8. The van der Waals surface area contributed by atoms with Gasteiger partial charge in [-0.1, -0.05) is 34.1 Å². The first kappa shape index (κ1) is 26.2. The molecule has 172 valence electrons. The fourth-order valence-corrected chi connectivity index (χ4v) is 4.31. The molecule has 1 aromatic carbocycles. The third kappa shape index (κ3) is 7.80. The first-order valence-electron chi connectivity index (χ1n) is 11.2. The van der Waals surface area contributed by atoms with E-state index in [1.165, 1.54) is 49.9 Å². The first-order valence-corrected chi connectivity index (χ1v) is 11.2. The average molecular weight is 423 g/mol. The van der Waals surface area contributed by atoms with Gasteiger partial charge in [-0.15, -0.1) is 0 Å². The maximum atomic E-state index is 9.24. The van der Waals surface area contributed by atoms with E-state index >= 15 is 0 Å². The third-order valence-corrected chi connectivity index (χ3v) is 5.43. The zero-order valence-electron chi connectivity index (χ0n) is 19.7. The molecule has 0 aliphatic carbocycles. The van der Waals surface area contributed by atoms with E-state index in [1.54, 1.807) is 14.2 Å². The van der Waals surface area contributed by atoms with E-state index in [-0.39, 0.29) is 6.54 Å². The number of benzene rings is 1. The Bertz CT molecular complexity index is 648. The van der Waals surface area contributed by atoms with Crippen molar-refractivity contribution in [2.75, 3.05) is 33.9 Å². The number of nitrogens with zero attached hydrogens (tertiary/aromatic N) is 1. The number of rotatable bonds is 5. The molecule has 0 radical (unpaired) electrons. The maximum Gasteiger partial charge on any atom is 0.317 e. The number of carboxylic acids is 1. The molecule has 2 atom stereocenters. The quantitative estimate of drug-likeness (QED) is 0.726. The molecule has 6 heteroatoms. The van der Waals surface area contributed by atoms with Crippen LogP contribution in [0.2, 0.25) is 0 Å². The zero-order valence-corrected chi connectivity index (χ0v) is 19.7. The van der Waals surface area contributed by atoms with Gasteiger partial charge in [0, 0.05) is 19.1 Å². The molecule has 1 aromatic rings. The maximum absolute atomic E-state index is 9.24. The van der Waals surface area contributed by atoms with Crippen molar-refractivity contribution < 1.29 is 19.4 Å². The molecule has 1 fully saturated rings.